The molecule has 0 aromatic heterocycles. The lowest BCUT2D eigenvalue weighted by Crippen LogP contribution is -2.52. The summed E-state index contributed by atoms with van der Waals surface area (Å²) in [6.45, 7) is 0. The van der Waals surface area contributed by atoms with Gasteiger partial charge in [0.05, 0.1) is 12.8 Å². The van der Waals surface area contributed by atoms with Crippen molar-refractivity contribution in [3.8, 4) is 5.75 Å². The molecular formula is C14H18N2O2. The minimum atomic E-state index is 0.206. The second-order valence-corrected chi connectivity index (χ2v) is 5.14. The minimum absolute atomic E-state index is 0.206. The maximum atomic E-state index is 12.4. The van der Waals surface area contributed by atoms with Gasteiger partial charge in [0.2, 0.25) is 5.91 Å². The van der Waals surface area contributed by atoms with E-state index in [1.165, 1.54) is 0 Å². The van der Waals surface area contributed by atoms with Crippen molar-refractivity contribution in [3.05, 3.63) is 18.2 Å². The number of rotatable bonds is 2. The Morgan fingerprint density at radius 2 is 2.00 bits per heavy atom. The summed E-state index contributed by atoms with van der Waals surface area (Å²) in [6.07, 6.45) is 4.28. The van der Waals surface area contributed by atoms with Crippen LogP contribution in [0.2, 0.25) is 0 Å². The lowest BCUT2D eigenvalue weighted by Gasteiger charge is -2.44. The minimum Gasteiger partial charge on any atom is -0.494 e. The molecule has 1 saturated carbocycles. The van der Waals surface area contributed by atoms with E-state index >= 15 is 0 Å². The standard InChI is InChI=1S/C14H18N2O2/c1-18-13-8-10(15)4-7-12(13)16-11-5-2-9(3-6-11)14(16)17/h4,7-9,11H,2-3,5-6,15H2,1H3. The van der Waals surface area contributed by atoms with Crippen LogP contribution in [-0.4, -0.2) is 19.1 Å². The number of ether oxygens (including phenoxy) is 1. The first-order valence-electron chi connectivity index (χ1n) is 6.47. The van der Waals surface area contributed by atoms with Crippen LogP contribution in [0.15, 0.2) is 18.2 Å². The van der Waals surface area contributed by atoms with E-state index in [0.717, 1.165) is 31.4 Å². The van der Waals surface area contributed by atoms with Crippen LogP contribution >= 0.6 is 0 Å². The van der Waals surface area contributed by atoms with Gasteiger partial charge in [-0.25, -0.2) is 0 Å². The molecule has 2 N–H and O–H groups in total. The molecule has 2 saturated heterocycles. The maximum Gasteiger partial charge on any atom is 0.230 e. The zero-order chi connectivity index (χ0) is 12.7. The zero-order valence-electron chi connectivity index (χ0n) is 10.6. The molecule has 18 heavy (non-hydrogen) atoms. The number of benzene rings is 1. The SMILES string of the molecule is COc1cc(N)ccc1N1C(=O)C2CCC1CC2. The van der Waals surface area contributed by atoms with Crippen LogP contribution in [0.4, 0.5) is 11.4 Å². The van der Waals surface area contributed by atoms with E-state index < -0.39 is 0 Å². The number of nitrogens with two attached hydrogens (primary N) is 1. The summed E-state index contributed by atoms with van der Waals surface area (Å²) in [7, 11) is 1.62. The molecule has 2 aliphatic heterocycles. The summed E-state index contributed by atoms with van der Waals surface area (Å²) in [5, 5.41) is 0. The van der Waals surface area contributed by atoms with Crippen LogP contribution in [0.25, 0.3) is 0 Å². The van der Waals surface area contributed by atoms with Crippen molar-refractivity contribution in [1.82, 2.24) is 0 Å². The number of nitrogens with zero attached hydrogens (tertiary/aromatic N) is 1. The van der Waals surface area contributed by atoms with E-state index in [1.807, 2.05) is 17.0 Å². The second-order valence-electron chi connectivity index (χ2n) is 5.14. The van der Waals surface area contributed by atoms with Gasteiger partial charge in [-0.1, -0.05) is 0 Å². The molecule has 3 fully saturated rings. The highest BCUT2D eigenvalue weighted by molar-refractivity contribution is 5.98. The van der Waals surface area contributed by atoms with Crippen molar-refractivity contribution in [2.24, 2.45) is 5.92 Å². The second kappa shape index (κ2) is 4.19. The molecule has 96 valence electrons. The molecule has 0 unspecified atom stereocenters. The molecule has 1 aliphatic carbocycles. The molecule has 1 aromatic rings. The Hall–Kier alpha value is -1.71. The van der Waals surface area contributed by atoms with E-state index in [4.69, 9.17) is 10.5 Å². The number of carbonyl (C=O) groups excluding carboxylic acids is 1. The van der Waals surface area contributed by atoms with E-state index in [9.17, 15) is 4.79 Å². The molecule has 1 amide bonds. The number of nitrogen functional groups attached to an aromatic ring is 1. The van der Waals surface area contributed by atoms with Crippen LogP contribution < -0.4 is 15.4 Å². The van der Waals surface area contributed by atoms with Crippen molar-refractivity contribution < 1.29 is 9.53 Å². The highest BCUT2D eigenvalue weighted by Crippen LogP contribution is 2.42. The number of methoxy groups -OCH3 is 1. The Morgan fingerprint density at radius 3 is 2.61 bits per heavy atom. The summed E-state index contributed by atoms with van der Waals surface area (Å²) in [5.74, 6) is 1.15. The van der Waals surface area contributed by atoms with Crippen LogP contribution in [0.5, 0.6) is 5.75 Å². The van der Waals surface area contributed by atoms with E-state index in [1.54, 1.807) is 13.2 Å². The summed E-state index contributed by atoms with van der Waals surface area (Å²) in [5.41, 5.74) is 7.28. The number of hydrogen-bond donors (Lipinski definition) is 1. The van der Waals surface area contributed by atoms with Crippen molar-refractivity contribution in [2.75, 3.05) is 17.7 Å². The Bertz CT molecular complexity index is 479. The number of anilines is 2. The van der Waals surface area contributed by atoms with Crippen molar-refractivity contribution in [1.29, 1.82) is 0 Å². The molecule has 0 spiro atoms. The molecule has 1 aromatic carbocycles. The third kappa shape index (κ3) is 1.64. The smallest absolute Gasteiger partial charge is 0.230 e. The lowest BCUT2D eigenvalue weighted by atomic mass is 9.79. The van der Waals surface area contributed by atoms with Gasteiger partial charge in [0.25, 0.3) is 0 Å². The molecule has 3 aliphatic rings. The van der Waals surface area contributed by atoms with Gasteiger partial charge in [-0.2, -0.15) is 0 Å². The Labute approximate surface area is 107 Å². The monoisotopic (exact) mass is 246 g/mol. The fourth-order valence-electron chi connectivity index (χ4n) is 3.17. The largest absolute Gasteiger partial charge is 0.494 e. The quantitative estimate of drug-likeness (QED) is 0.814. The third-order valence-corrected chi connectivity index (χ3v) is 4.11. The predicted molar refractivity (Wildman–Crippen MR) is 70.6 cm³/mol. The normalized spacial score (nSPS) is 26.5. The number of piperidine rings is 2. The fourth-order valence-corrected chi connectivity index (χ4v) is 3.17. The molecular weight excluding hydrogens is 228 g/mol. The molecule has 2 bridgehead atoms. The van der Waals surface area contributed by atoms with E-state index in [2.05, 4.69) is 0 Å². The third-order valence-electron chi connectivity index (χ3n) is 4.11. The van der Waals surface area contributed by atoms with Gasteiger partial charge in [0.15, 0.2) is 0 Å². The molecule has 0 radical (unpaired) electrons. The molecule has 2 heterocycles. The van der Waals surface area contributed by atoms with Crippen molar-refractivity contribution in [2.45, 2.75) is 31.7 Å². The lowest BCUT2D eigenvalue weighted by molar-refractivity contribution is -0.126. The van der Waals surface area contributed by atoms with Gasteiger partial charge in [-0.05, 0) is 37.8 Å². The predicted octanol–water partition coefficient (Wildman–Crippen LogP) is 2.18. The van der Waals surface area contributed by atoms with Gasteiger partial charge in [-0.3, -0.25) is 4.79 Å². The fraction of sp³-hybridized carbons (Fsp3) is 0.500. The first-order valence-corrected chi connectivity index (χ1v) is 6.47. The summed E-state index contributed by atoms with van der Waals surface area (Å²) < 4.78 is 5.36. The van der Waals surface area contributed by atoms with Gasteiger partial charge >= 0.3 is 0 Å². The van der Waals surface area contributed by atoms with Gasteiger partial charge < -0.3 is 15.4 Å². The average Bonchev–Trinajstić information content (AvgIpc) is 2.40. The number of fused-ring (bicyclic) bond motifs is 3. The van der Waals surface area contributed by atoms with Crippen molar-refractivity contribution >= 4 is 17.3 Å². The van der Waals surface area contributed by atoms with Gasteiger partial charge in [0, 0.05) is 23.7 Å². The van der Waals surface area contributed by atoms with E-state index in [-0.39, 0.29) is 11.8 Å². The molecule has 4 rings (SSSR count). The topological polar surface area (TPSA) is 55.6 Å². The van der Waals surface area contributed by atoms with E-state index in [0.29, 0.717) is 17.5 Å². The molecule has 0 atom stereocenters. The first kappa shape index (κ1) is 11.4. The number of carbonyl (C=O) groups is 1. The summed E-state index contributed by atoms with van der Waals surface area (Å²) >= 11 is 0. The van der Waals surface area contributed by atoms with Crippen LogP contribution in [0.1, 0.15) is 25.7 Å². The van der Waals surface area contributed by atoms with Crippen molar-refractivity contribution in [3.63, 3.8) is 0 Å². The average molecular weight is 246 g/mol. The van der Waals surface area contributed by atoms with Gasteiger partial charge in [-0.15, -0.1) is 0 Å². The maximum absolute atomic E-state index is 12.4. The number of hydrogen-bond acceptors (Lipinski definition) is 3. The van der Waals surface area contributed by atoms with Gasteiger partial charge in [0.1, 0.15) is 5.75 Å². The van der Waals surface area contributed by atoms with Crippen LogP contribution in [0.3, 0.4) is 0 Å². The Kier molecular flexibility index (Phi) is 2.65. The van der Waals surface area contributed by atoms with Crippen LogP contribution in [0, 0.1) is 5.92 Å². The molecule has 4 heteroatoms. The Balaban J connectivity index is 2.01. The van der Waals surface area contributed by atoms with Crippen LogP contribution in [-0.2, 0) is 4.79 Å². The summed E-state index contributed by atoms with van der Waals surface area (Å²) in [4.78, 5) is 14.3. The Morgan fingerprint density at radius 1 is 1.28 bits per heavy atom. The zero-order valence-corrected chi connectivity index (χ0v) is 10.6. The first-order chi connectivity index (χ1) is 8.70. The number of amides is 1. The highest BCUT2D eigenvalue weighted by atomic mass is 16.5. The molecule has 4 nitrogen and oxygen atoms in total. The highest BCUT2D eigenvalue weighted by Gasteiger charge is 2.41. The summed E-state index contributed by atoms with van der Waals surface area (Å²) in [6, 6.07) is 5.84.